The second kappa shape index (κ2) is 6.85. The van der Waals surface area contributed by atoms with E-state index in [0.717, 1.165) is 43.6 Å². The SMILES string of the molecule is CCC1CCN(c2cnc(CNCC(C)C)cn2)C1. The Balaban J connectivity index is 1.84. The zero-order valence-corrected chi connectivity index (χ0v) is 12.4. The molecule has 0 aromatic carbocycles. The standard InChI is InChI=1S/C15H26N4/c1-4-13-5-6-19(11-13)15-10-17-14(9-18-15)8-16-7-12(2)3/h9-10,12-13,16H,4-8,11H2,1-3H3. The second-order valence-electron chi connectivity index (χ2n) is 5.90. The van der Waals surface area contributed by atoms with Gasteiger partial charge in [-0.15, -0.1) is 0 Å². The molecule has 1 saturated heterocycles. The summed E-state index contributed by atoms with van der Waals surface area (Å²) in [4.78, 5) is 11.4. The highest BCUT2D eigenvalue weighted by Crippen LogP contribution is 2.23. The Morgan fingerprint density at radius 3 is 2.79 bits per heavy atom. The van der Waals surface area contributed by atoms with E-state index in [9.17, 15) is 0 Å². The van der Waals surface area contributed by atoms with E-state index >= 15 is 0 Å². The third-order valence-electron chi connectivity index (χ3n) is 3.74. The van der Waals surface area contributed by atoms with Gasteiger partial charge in [0.2, 0.25) is 0 Å². The van der Waals surface area contributed by atoms with Crippen LogP contribution in [0.3, 0.4) is 0 Å². The van der Waals surface area contributed by atoms with Gasteiger partial charge in [-0.2, -0.15) is 0 Å². The van der Waals surface area contributed by atoms with Crippen LogP contribution in [0.1, 0.15) is 39.3 Å². The first-order valence-corrected chi connectivity index (χ1v) is 7.45. The summed E-state index contributed by atoms with van der Waals surface area (Å²) in [5.41, 5.74) is 1.02. The van der Waals surface area contributed by atoms with Crippen LogP contribution in [-0.2, 0) is 6.54 Å². The van der Waals surface area contributed by atoms with Crippen LogP contribution >= 0.6 is 0 Å². The van der Waals surface area contributed by atoms with Gasteiger partial charge in [-0.05, 0) is 24.8 Å². The van der Waals surface area contributed by atoms with Crippen molar-refractivity contribution < 1.29 is 0 Å². The van der Waals surface area contributed by atoms with Gasteiger partial charge in [0.1, 0.15) is 5.82 Å². The number of rotatable bonds is 6. The first-order valence-electron chi connectivity index (χ1n) is 7.45. The summed E-state index contributed by atoms with van der Waals surface area (Å²) in [5, 5.41) is 3.39. The van der Waals surface area contributed by atoms with Crippen LogP contribution in [0.25, 0.3) is 0 Å². The summed E-state index contributed by atoms with van der Waals surface area (Å²) in [7, 11) is 0. The average Bonchev–Trinajstić information content (AvgIpc) is 2.88. The molecule has 0 saturated carbocycles. The molecule has 0 amide bonds. The molecule has 1 N–H and O–H groups in total. The van der Waals surface area contributed by atoms with Gasteiger partial charge in [-0.3, -0.25) is 4.98 Å². The van der Waals surface area contributed by atoms with E-state index in [1.165, 1.54) is 12.8 Å². The first-order chi connectivity index (χ1) is 9.19. The molecule has 1 aromatic rings. The maximum Gasteiger partial charge on any atom is 0.147 e. The van der Waals surface area contributed by atoms with E-state index in [4.69, 9.17) is 0 Å². The van der Waals surface area contributed by atoms with Crippen LogP contribution in [0.5, 0.6) is 0 Å². The molecule has 19 heavy (non-hydrogen) atoms. The van der Waals surface area contributed by atoms with Crippen LogP contribution < -0.4 is 10.2 Å². The lowest BCUT2D eigenvalue weighted by Gasteiger charge is -2.17. The lowest BCUT2D eigenvalue weighted by molar-refractivity contribution is 0.547. The molecule has 0 spiro atoms. The minimum absolute atomic E-state index is 0.669. The maximum absolute atomic E-state index is 4.55. The largest absolute Gasteiger partial charge is 0.355 e. The van der Waals surface area contributed by atoms with Gasteiger partial charge in [0.05, 0.1) is 18.1 Å². The third-order valence-corrected chi connectivity index (χ3v) is 3.74. The van der Waals surface area contributed by atoms with Gasteiger partial charge in [-0.25, -0.2) is 4.98 Å². The summed E-state index contributed by atoms with van der Waals surface area (Å²) >= 11 is 0. The monoisotopic (exact) mass is 262 g/mol. The fourth-order valence-electron chi connectivity index (χ4n) is 2.47. The highest BCUT2D eigenvalue weighted by atomic mass is 15.2. The van der Waals surface area contributed by atoms with E-state index in [1.54, 1.807) is 0 Å². The van der Waals surface area contributed by atoms with Crippen molar-refractivity contribution in [1.29, 1.82) is 0 Å². The van der Waals surface area contributed by atoms with Crippen molar-refractivity contribution in [1.82, 2.24) is 15.3 Å². The smallest absolute Gasteiger partial charge is 0.147 e. The third kappa shape index (κ3) is 4.16. The van der Waals surface area contributed by atoms with E-state index in [1.807, 2.05) is 12.4 Å². The van der Waals surface area contributed by atoms with Crippen molar-refractivity contribution in [2.24, 2.45) is 11.8 Å². The molecular formula is C15H26N4. The normalized spacial score (nSPS) is 19.4. The number of nitrogens with one attached hydrogen (secondary N) is 1. The lowest BCUT2D eigenvalue weighted by atomic mass is 10.1. The molecule has 0 bridgehead atoms. The van der Waals surface area contributed by atoms with Gasteiger partial charge in [-0.1, -0.05) is 27.2 Å². The molecule has 1 atom stereocenters. The van der Waals surface area contributed by atoms with Crippen molar-refractivity contribution in [2.45, 2.75) is 40.2 Å². The molecule has 4 heteroatoms. The predicted octanol–water partition coefficient (Wildman–Crippen LogP) is 2.46. The Morgan fingerprint density at radius 2 is 2.21 bits per heavy atom. The number of nitrogens with zero attached hydrogens (tertiary/aromatic N) is 3. The van der Waals surface area contributed by atoms with Gasteiger partial charge >= 0.3 is 0 Å². The molecule has 0 radical (unpaired) electrons. The van der Waals surface area contributed by atoms with Gasteiger partial charge in [0, 0.05) is 19.6 Å². The fourth-order valence-corrected chi connectivity index (χ4v) is 2.47. The Hall–Kier alpha value is -1.16. The molecule has 1 aliphatic heterocycles. The maximum atomic E-state index is 4.55. The number of aromatic nitrogens is 2. The zero-order valence-electron chi connectivity index (χ0n) is 12.4. The number of anilines is 1. The van der Waals surface area contributed by atoms with Crippen molar-refractivity contribution >= 4 is 5.82 Å². The van der Waals surface area contributed by atoms with Crippen molar-refractivity contribution in [3.8, 4) is 0 Å². The Labute approximate surface area is 116 Å². The summed E-state index contributed by atoms with van der Waals surface area (Å²) in [6.07, 6.45) is 6.38. The quantitative estimate of drug-likeness (QED) is 0.855. The summed E-state index contributed by atoms with van der Waals surface area (Å²) in [5.74, 6) is 2.53. The van der Waals surface area contributed by atoms with Crippen LogP contribution in [0.15, 0.2) is 12.4 Å². The molecule has 106 valence electrons. The topological polar surface area (TPSA) is 41.1 Å². The molecule has 2 heterocycles. The molecule has 1 unspecified atom stereocenters. The van der Waals surface area contributed by atoms with Crippen LogP contribution in [0.4, 0.5) is 5.82 Å². The molecule has 1 fully saturated rings. The van der Waals surface area contributed by atoms with Crippen LogP contribution in [0.2, 0.25) is 0 Å². The first kappa shape index (κ1) is 14.3. The Morgan fingerprint density at radius 1 is 1.37 bits per heavy atom. The minimum Gasteiger partial charge on any atom is -0.355 e. The van der Waals surface area contributed by atoms with E-state index in [2.05, 4.69) is 41.0 Å². The predicted molar refractivity (Wildman–Crippen MR) is 79.2 cm³/mol. The van der Waals surface area contributed by atoms with Gasteiger partial charge < -0.3 is 10.2 Å². The Bertz CT molecular complexity index is 374. The van der Waals surface area contributed by atoms with E-state index in [-0.39, 0.29) is 0 Å². The summed E-state index contributed by atoms with van der Waals surface area (Å²) in [6, 6.07) is 0. The van der Waals surface area contributed by atoms with Crippen molar-refractivity contribution in [2.75, 3.05) is 24.5 Å². The number of hydrogen-bond donors (Lipinski definition) is 1. The van der Waals surface area contributed by atoms with Crippen LogP contribution in [0, 0.1) is 11.8 Å². The molecule has 4 nitrogen and oxygen atoms in total. The average molecular weight is 262 g/mol. The molecular weight excluding hydrogens is 236 g/mol. The molecule has 2 rings (SSSR count). The van der Waals surface area contributed by atoms with Gasteiger partial charge in [0.25, 0.3) is 0 Å². The summed E-state index contributed by atoms with van der Waals surface area (Å²) < 4.78 is 0. The highest BCUT2D eigenvalue weighted by Gasteiger charge is 2.21. The zero-order chi connectivity index (χ0) is 13.7. The Kier molecular flexibility index (Phi) is 5.14. The van der Waals surface area contributed by atoms with Gasteiger partial charge in [0.15, 0.2) is 0 Å². The molecule has 1 aliphatic rings. The second-order valence-corrected chi connectivity index (χ2v) is 5.90. The van der Waals surface area contributed by atoms with Crippen molar-refractivity contribution in [3.63, 3.8) is 0 Å². The molecule has 1 aromatic heterocycles. The lowest BCUT2D eigenvalue weighted by Crippen LogP contribution is -2.22. The molecule has 0 aliphatic carbocycles. The minimum atomic E-state index is 0.669. The van der Waals surface area contributed by atoms with E-state index < -0.39 is 0 Å². The van der Waals surface area contributed by atoms with E-state index in [0.29, 0.717) is 5.92 Å². The number of hydrogen-bond acceptors (Lipinski definition) is 4. The fraction of sp³-hybridized carbons (Fsp3) is 0.733. The van der Waals surface area contributed by atoms with Crippen molar-refractivity contribution in [3.05, 3.63) is 18.1 Å². The summed E-state index contributed by atoms with van der Waals surface area (Å²) in [6.45, 7) is 10.8. The highest BCUT2D eigenvalue weighted by molar-refractivity contribution is 5.37. The van der Waals surface area contributed by atoms with Crippen LogP contribution in [-0.4, -0.2) is 29.6 Å².